The molecule has 0 bridgehead atoms. The molecule has 1 amide bonds. The zero-order chi connectivity index (χ0) is 22.1. The Labute approximate surface area is 178 Å². The molecule has 2 rings (SSSR count). The second-order valence-electron chi connectivity index (χ2n) is 9.48. The average Bonchev–Trinajstić information content (AvgIpc) is 2.90. The molecule has 0 aromatic carbocycles. The summed E-state index contributed by atoms with van der Waals surface area (Å²) in [6.07, 6.45) is -0.260. The Morgan fingerprint density at radius 3 is 2.48 bits per heavy atom. The maximum absolute atomic E-state index is 13.0. The highest BCUT2D eigenvalue weighted by Gasteiger charge is 2.59. The fourth-order valence-corrected chi connectivity index (χ4v) is 6.01. The van der Waals surface area contributed by atoms with Crippen LogP contribution in [-0.2, 0) is 18.8 Å². The molecule has 1 saturated heterocycles. The minimum absolute atomic E-state index is 0.0255. The minimum Gasteiger partial charge on any atom is -0.461 e. The number of nitrogens with zero attached hydrogens (tertiary/aromatic N) is 4. The Bertz CT molecular complexity index is 756. The van der Waals surface area contributed by atoms with Crippen molar-refractivity contribution in [3.63, 3.8) is 0 Å². The van der Waals surface area contributed by atoms with Gasteiger partial charge in [0.25, 0.3) is 0 Å². The van der Waals surface area contributed by atoms with E-state index in [1.54, 1.807) is 0 Å². The molecule has 2 aliphatic heterocycles. The molecule has 0 spiro atoms. The summed E-state index contributed by atoms with van der Waals surface area (Å²) in [6.45, 7) is 16.9. The Morgan fingerprint density at radius 2 is 1.97 bits per heavy atom. The van der Waals surface area contributed by atoms with Gasteiger partial charge in [0.15, 0.2) is 8.32 Å². The average molecular weight is 441 g/mol. The first-order valence-corrected chi connectivity index (χ1v) is 13.7. The number of β-lactam (4-membered cyclic amide) rings is 1. The Morgan fingerprint density at radius 1 is 1.34 bits per heavy atom. The summed E-state index contributed by atoms with van der Waals surface area (Å²) < 4.78 is 11.8. The third-order valence-corrected chi connectivity index (χ3v) is 11.6. The zero-order valence-corrected chi connectivity index (χ0v) is 20.4. The lowest BCUT2D eigenvalue weighted by molar-refractivity contribution is -0.158. The molecule has 162 valence electrons. The highest BCUT2D eigenvalue weighted by atomic mass is 32.2. The first-order valence-electron chi connectivity index (χ1n) is 9.90. The Balaban J connectivity index is 2.20. The van der Waals surface area contributed by atoms with Crippen molar-refractivity contribution in [2.45, 2.75) is 71.2 Å². The number of ether oxygens (including phenoxy) is 1. The monoisotopic (exact) mass is 440 g/mol. The summed E-state index contributed by atoms with van der Waals surface area (Å²) in [7, 11) is -2.04. The normalized spacial score (nSPS) is 22.9. The van der Waals surface area contributed by atoms with Crippen LogP contribution in [0, 0.1) is 11.8 Å². The summed E-state index contributed by atoms with van der Waals surface area (Å²) in [5, 5.41) is 3.40. The van der Waals surface area contributed by atoms with Crippen LogP contribution >= 0.6 is 11.8 Å². The van der Waals surface area contributed by atoms with Crippen molar-refractivity contribution >= 4 is 32.0 Å². The molecule has 0 saturated carbocycles. The fraction of sp³-hybridized carbons (Fsp3) is 0.789. The van der Waals surface area contributed by atoms with Gasteiger partial charge in [-0.05, 0) is 36.5 Å². The van der Waals surface area contributed by atoms with Crippen LogP contribution in [0.5, 0.6) is 0 Å². The number of rotatable bonds is 8. The van der Waals surface area contributed by atoms with Gasteiger partial charge in [-0.3, -0.25) is 9.69 Å². The van der Waals surface area contributed by atoms with Gasteiger partial charge in [0.05, 0.1) is 25.2 Å². The van der Waals surface area contributed by atoms with E-state index in [-0.39, 0.29) is 53.1 Å². The van der Waals surface area contributed by atoms with Gasteiger partial charge in [0, 0.05) is 9.82 Å². The highest BCUT2D eigenvalue weighted by Crippen LogP contribution is 2.52. The molecule has 3 atom stereocenters. The first kappa shape index (κ1) is 23.8. The van der Waals surface area contributed by atoms with Gasteiger partial charge in [-0.1, -0.05) is 39.7 Å². The quantitative estimate of drug-likeness (QED) is 0.136. The molecule has 0 aliphatic carbocycles. The maximum Gasteiger partial charge on any atom is 0.355 e. The number of azide groups is 1. The molecule has 0 radical (unpaired) electrons. The third-order valence-electron chi connectivity index (χ3n) is 5.66. The van der Waals surface area contributed by atoms with E-state index in [1.165, 1.54) is 16.7 Å². The van der Waals surface area contributed by atoms with E-state index >= 15 is 0 Å². The van der Waals surface area contributed by atoms with Crippen LogP contribution in [0.1, 0.15) is 41.5 Å². The Hall–Kier alpha value is -1.48. The largest absolute Gasteiger partial charge is 0.461 e. The Kier molecular flexibility index (Phi) is 7.15. The molecule has 1 unspecified atom stereocenters. The molecule has 10 heteroatoms. The minimum atomic E-state index is -2.04. The van der Waals surface area contributed by atoms with Gasteiger partial charge in [-0.15, -0.1) is 11.8 Å². The number of amides is 1. The molecule has 29 heavy (non-hydrogen) atoms. The molecule has 0 N–H and O–H groups in total. The van der Waals surface area contributed by atoms with Gasteiger partial charge >= 0.3 is 5.97 Å². The number of thioether (sulfide) groups is 1. The standard InChI is InChI=1S/C19H32N4O4SSi/c1-11(2)10-26-18(25)15-13(9-21-22-20)28-17-14(16(24)23(15)17)12(3)27-29(7,8)19(4,5)6/h11-12,14,17H,9-10H2,1-8H3/t12-,14+,17?/m1/s1. The van der Waals surface area contributed by atoms with Crippen LogP contribution in [0.2, 0.25) is 18.1 Å². The lowest BCUT2D eigenvalue weighted by atomic mass is 9.92. The number of carbonyl (C=O) groups is 2. The zero-order valence-electron chi connectivity index (χ0n) is 18.6. The van der Waals surface area contributed by atoms with E-state index in [0.717, 1.165) is 0 Å². The van der Waals surface area contributed by atoms with Gasteiger partial charge < -0.3 is 9.16 Å². The van der Waals surface area contributed by atoms with Crippen LogP contribution in [0.25, 0.3) is 10.4 Å². The van der Waals surface area contributed by atoms with Crippen LogP contribution in [0.3, 0.4) is 0 Å². The molecule has 8 nitrogen and oxygen atoms in total. The van der Waals surface area contributed by atoms with Crippen LogP contribution in [-0.4, -0.2) is 49.7 Å². The molecular formula is C19H32N4O4SSi. The van der Waals surface area contributed by atoms with Gasteiger partial charge in [0.1, 0.15) is 11.1 Å². The molecule has 1 fully saturated rings. The summed E-state index contributed by atoms with van der Waals surface area (Å²) in [5.74, 6) is -0.837. The topological polar surface area (TPSA) is 105 Å². The number of hydrogen-bond acceptors (Lipinski definition) is 6. The van der Waals surface area contributed by atoms with Gasteiger partial charge in [-0.2, -0.15) is 0 Å². The van der Waals surface area contributed by atoms with Crippen LogP contribution < -0.4 is 0 Å². The summed E-state index contributed by atoms with van der Waals surface area (Å²) in [6, 6.07) is 0. The van der Waals surface area contributed by atoms with Crippen molar-refractivity contribution in [3.05, 3.63) is 21.0 Å². The smallest absolute Gasteiger partial charge is 0.355 e. The lowest BCUT2D eigenvalue weighted by Crippen LogP contribution is -2.62. The summed E-state index contributed by atoms with van der Waals surface area (Å²) in [4.78, 5) is 30.5. The number of carbonyl (C=O) groups excluding carboxylic acids is 2. The number of hydrogen-bond donors (Lipinski definition) is 0. The summed E-state index contributed by atoms with van der Waals surface area (Å²) in [5.41, 5.74) is 8.90. The van der Waals surface area contributed by atoms with E-state index in [0.29, 0.717) is 4.91 Å². The van der Waals surface area contributed by atoms with Crippen LogP contribution in [0.15, 0.2) is 15.7 Å². The summed E-state index contributed by atoms with van der Waals surface area (Å²) >= 11 is 1.40. The predicted molar refractivity (Wildman–Crippen MR) is 116 cm³/mol. The van der Waals surface area contributed by atoms with E-state index in [2.05, 4.69) is 43.9 Å². The van der Waals surface area contributed by atoms with Crippen LogP contribution in [0.4, 0.5) is 0 Å². The molecule has 2 heterocycles. The van der Waals surface area contributed by atoms with Crippen molar-refractivity contribution in [1.82, 2.24) is 4.90 Å². The second kappa shape index (κ2) is 8.71. The fourth-order valence-electron chi connectivity index (χ4n) is 3.06. The molecule has 0 aromatic rings. The van der Waals surface area contributed by atoms with E-state index in [1.807, 2.05) is 20.8 Å². The van der Waals surface area contributed by atoms with Crippen molar-refractivity contribution in [2.75, 3.05) is 13.2 Å². The second-order valence-corrected chi connectivity index (χ2v) is 15.4. The lowest BCUT2D eigenvalue weighted by Gasteiger charge is -2.48. The SMILES string of the molecule is CC(C)COC(=O)C1=C(CN=[N+]=[N-])SC2[C@@H]([C@@H](C)O[Si](C)(C)C(C)(C)C)C(=O)N12. The highest BCUT2D eigenvalue weighted by molar-refractivity contribution is 8.04. The van der Waals surface area contributed by atoms with E-state index in [4.69, 9.17) is 14.7 Å². The predicted octanol–water partition coefficient (Wildman–Crippen LogP) is 4.65. The van der Waals surface area contributed by atoms with Crippen molar-refractivity contribution in [1.29, 1.82) is 0 Å². The maximum atomic E-state index is 13.0. The van der Waals surface area contributed by atoms with Gasteiger partial charge in [0.2, 0.25) is 5.91 Å². The first-order chi connectivity index (χ1) is 13.3. The van der Waals surface area contributed by atoms with E-state index in [9.17, 15) is 9.59 Å². The molecule has 2 aliphatic rings. The van der Waals surface area contributed by atoms with Crippen molar-refractivity contribution in [3.8, 4) is 0 Å². The third kappa shape index (κ3) is 4.82. The molecule has 0 aromatic heterocycles. The van der Waals surface area contributed by atoms with Crippen molar-refractivity contribution < 1.29 is 18.8 Å². The van der Waals surface area contributed by atoms with E-state index < -0.39 is 14.3 Å². The number of fused-ring (bicyclic) bond motifs is 1. The number of esters is 1. The van der Waals surface area contributed by atoms with Crippen molar-refractivity contribution in [2.24, 2.45) is 17.0 Å². The van der Waals surface area contributed by atoms with Gasteiger partial charge in [-0.25, -0.2) is 4.79 Å². The molecular weight excluding hydrogens is 408 g/mol.